The third-order valence-electron chi connectivity index (χ3n) is 5.01. The summed E-state index contributed by atoms with van der Waals surface area (Å²) < 4.78 is 0. The van der Waals surface area contributed by atoms with E-state index in [1.54, 1.807) is 0 Å². The quantitative estimate of drug-likeness (QED) is 0.458. The van der Waals surface area contributed by atoms with Crippen LogP contribution in [-0.4, -0.2) is 24.0 Å². The maximum Gasteiger partial charge on any atom is 0.211 e. The molecule has 4 rings (SSSR count). The van der Waals surface area contributed by atoms with Crippen molar-refractivity contribution in [1.29, 1.82) is 10.5 Å². The molecule has 9 heteroatoms. The fourth-order valence-electron chi connectivity index (χ4n) is 3.69. The Hall–Kier alpha value is -3.98. The molecule has 2 aliphatic heterocycles. The van der Waals surface area contributed by atoms with Crippen LogP contribution in [0.4, 0.5) is 23.0 Å². The van der Waals surface area contributed by atoms with Gasteiger partial charge in [0.1, 0.15) is 29.3 Å². The molecule has 1 unspecified atom stereocenters. The Kier molecular flexibility index (Phi) is 4.34. The molecule has 1 aromatic carbocycles. The van der Waals surface area contributed by atoms with Gasteiger partial charge in [0.2, 0.25) is 5.96 Å². The van der Waals surface area contributed by atoms with Crippen LogP contribution in [0.15, 0.2) is 29.3 Å². The van der Waals surface area contributed by atoms with Crippen molar-refractivity contribution in [1.82, 2.24) is 10.3 Å². The molecule has 0 bridgehead atoms. The monoisotopic (exact) mass is 373 g/mol. The lowest BCUT2D eigenvalue weighted by molar-refractivity contribution is 0.844. The van der Waals surface area contributed by atoms with E-state index in [0.717, 1.165) is 24.3 Å². The minimum absolute atomic E-state index is 0.0361. The number of nitrogens with two attached hydrogens (primary N) is 2. The molecule has 28 heavy (non-hydrogen) atoms. The average Bonchev–Trinajstić information content (AvgIpc) is 3.23. The van der Waals surface area contributed by atoms with Crippen molar-refractivity contribution in [3.63, 3.8) is 0 Å². The molecule has 0 radical (unpaired) electrons. The zero-order valence-corrected chi connectivity index (χ0v) is 15.1. The molecule has 1 saturated heterocycles. The molecule has 1 aromatic heterocycles. The van der Waals surface area contributed by atoms with E-state index in [0.29, 0.717) is 11.4 Å². The number of rotatable bonds is 2. The smallest absolute Gasteiger partial charge is 0.211 e. The molecule has 0 aliphatic carbocycles. The van der Waals surface area contributed by atoms with Gasteiger partial charge in [0.15, 0.2) is 6.19 Å². The molecule has 2 aliphatic rings. The number of aromatic nitrogens is 1. The molecule has 3 heterocycles. The van der Waals surface area contributed by atoms with Gasteiger partial charge in [0.05, 0.1) is 5.69 Å². The van der Waals surface area contributed by atoms with Crippen LogP contribution in [-0.2, 0) is 0 Å². The molecule has 0 spiro atoms. The Morgan fingerprint density at radius 2 is 2.00 bits per heavy atom. The third-order valence-corrected chi connectivity index (χ3v) is 5.01. The van der Waals surface area contributed by atoms with Crippen LogP contribution in [0.5, 0.6) is 0 Å². The van der Waals surface area contributed by atoms with Crippen molar-refractivity contribution in [2.75, 3.05) is 34.8 Å². The topological polar surface area (TPSA) is 152 Å². The van der Waals surface area contributed by atoms with E-state index in [-0.39, 0.29) is 23.0 Å². The molecular weight excluding hydrogens is 354 g/mol. The van der Waals surface area contributed by atoms with Gasteiger partial charge in [0, 0.05) is 24.3 Å². The molecule has 0 saturated carbocycles. The number of nitrogens with zero attached hydrogens (tertiary/aromatic N) is 5. The van der Waals surface area contributed by atoms with Gasteiger partial charge in [0.25, 0.3) is 0 Å². The first-order valence-corrected chi connectivity index (χ1v) is 8.96. The number of guanidine groups is 1. The highest BCUT2D eigenvalue weighted by Crippen LogP contribution is 2.41. The van der Waals surface area contributed by atoms with Crippen LogP contribution in [0.1, 0.15) is 35.6 Å². The number of anilines is 4. The fraction of sp³-hybridized carbons (Fsp3) is 0.263. The molecule has 2 aromatic rings. The summed E-state index contributed by atoms with van der Waals surface area (Å²) in [5, 5.41) is 23.8. The number of nitriles is 2. The van der Waals surface area contributed by atoms with Crippen LogP contribution in [0.3, 0.4) is 0 Å². The third kappa shape index (κ3) is 2.89. The number of hydrogen-bond donors (Lipinski definition) is 4. The molecule has 1 fully saturated rings. The van der Waals surface area contributed by atoms with E-state index in [1.165, 1.54) is 12.8 Å². The van der Waals surface area contributed by atoms with E-state index in [4.69, 9.17) is 16.7 Å². The highest BCUT2D eigenvalue weighted by Gasteiger charge is 2.30. The molecule has 140 valence electrons. The summed E-state index contributed by atoms with van der Waals surface area (Å²) in [6.07, 6.45) is 4.21. The summed E-state index contributed by atoms with van der Waals surface area (Å²) in [5.41, 5.74) is 15.1. The van der Waals surface area contributed by atoms with Crippen LogP contribution in [0.25, 0.3) is 0 Å². The fourth-order valence-corrected chi connectivity index (χ4v) is 3.69. The second-order valence-corrected chi connectivity index (χ2v) is 6.69. The van der Waals surface area contributed by atoms with Crippen molar-refractivity contribution in [2.45, 2.75) is 18.9 Å². The zero-order valence-electron chi connectivity index (χ0n) is 15.1. The normalized spacial score (nSPS) is 17.7. The standard InChI is InChI=1S/C19H19N9/c20-9-13-15(22)14-16(25-19(24-10-21)27-18(14)26-17(13)23)11-4-3-5-12(8-11)28-6-1-2-7-28/h3-5,8,16H,1-2,6-7H2,(H6,22,23,24,25,26,27). The van der Waals surface area contributed by atoms with E-state index in [9.17, 15) is 5.26 Å². The van der Waals surface area contributed by atoms with Crippen molar-refractivity contribution in [3.8, 4) is 12.3 Å². The van der Waals surface area contributed by atoms with E-state index in [2.05, 4.69) is 37.6 Å². The number of benzene rings is 1. The average molecular weight is 373 g/mol. The SMILES string of the molecule is N#CNC1=NC(c2cccc(N3CCCC3)c2)c2c(nc(N)c(C#N)c2N)N1. The van der Waals surface area contributed by atoms with Gasteiger partial charge < -0.3 is 21.7 Å². The largest absolute Gasteiger partial charge is 0.397 e. The maximum atomic E-state index is 9.41. The molecule has 1 atom stereocenters. The van der Waals surface area contributed by atoms with Crippen molar-refractivity contribution in [2.24, 2.45) is 4.99 Å². The predicted octanol–water partition coefficient (Wildman–Crippen LogP) is 1.66. The van der Waals surface area contributed by atoms with Crippen LogP contribution in [0, 0.1) is 22.8 Å². The Morgan fingerprint density at radius 3 is 2.71 bits per heavy atom. The first-order valence-electron chi connectivity index (χ1n) is 8.96. The van der Waals surface area contributed by atoms with Crippen LogP contribution in [0.2, 0.25) is 0 Å². The lowest BCUT2D eigenvalue weighted by atomic mass is 9.95. The summed E-state index contributed by atoms with van der Waals surface area (Å²) in [6.45, 7) is 2.05. The number of nitrogen functional groups attached to an aromatic ring is 2. The Balaban J connectivity index is 1.85. The molecular formula is C19H19N9. The van der Waals surface area contributed by atoms with Gasteiger partial charge in [-0.1, -0.05) is 12.1 Å². The van der Waals surface area contributed by atoms with Crippen molar-refractivity contribution in [3.05, 3.63) is 41.0 Å². The van der Waals surface area contributed by atoms with Gasteiger partial charge >= 0.3 is 0 Å². The van der Waals surface area contributed by atoms with Gasteiger partial charge in [-0.15, -0.1) is 0 Å². The Bertz CT molecular complexity index is 1040. The highest BCUT2D eigenvalue weighted by atomic mass is 15.2. The summed E-state index contributed by atoms with van der Waals surface area (Å²) in [7, 11) is 0. The Morgan fingerprint density at radius 1 is 1.21 bits per heavy atom. The lowest BCUT2D eigenvalue weighted by Crippen LogP contribution is -2.32. The number of hydrogen-bond acceptors (Lipinski definition) is 9. The van der Waals surface area contributed by atoms with Crippen LogP contribution < -0.4 is 27.0 Å². The van der Waals surface area contributed by atoms with Gasteiger partial charge in [-0.2, -0.15) is 10.5 Å². The summed E-state index contributed by atoms with van der Waals surface area (Å²) in [4.78, 5) is 11.2. The zero-order chi connectivity index (χ0) is 19.7. The van der Waals surface area contributed by atoms with E-state index >= 15 is 0 Å². The van der Waals surface area contributed by atoms with E-state index in [1.807, 2.05) is 24.4 Å². The summed E-state index contributed by atoms with van der Waals surface area (Å²) in [6, 6.07) is 9.56. The van der Waals surface area contributed by atoms with E-state index < -0.39 is 6.04 Å². The first kappa shape index (κ1) is 17.4. The van der Waals surface area contributed by atoms with Crippen LogP contribution >= 0.6 is 0 Å². The number of pyridine rings is 1. The Labute approximate surface area is 162 Å². The summed E-state index contributed by atoms with van der Waals surface area (Å²) >= 11 is 0. The second kappa shape index (κ2) is 6.97. The van der Waals surface area contributed by atoms with Gasteiger partial charge in [-0.3, -0.25) is 5.32 Å². The highest BCUT2D eigenvalue weighted by molar-refractivity contribution is 5.98. The molecule has 9 nitrogen and oxygen atoms in total. The van der Waals surface area contributed by atoms with Crippen molar-refractivity contribution >= 4 is 29.0 Å². The van der Waals surface area contributed by atoms with Gasteiger partial charge in [-0.25, -0.2) is 9.98 Å². The second-order valence-electron chi connectivity index (χ2n) is 6.69. The number of fused-ring (bicyclic) bond motifs is 1. The number of aliphatic imine (C=N–C) groups is 1. The number of nitrogens with one attached hydrogen (secondary N) is 2. The van der Waals surface area contributed by atoms with Gasteiger partial charge in [-0.05, 0) is 30.5 Å². The maximum absolute atomic E-state index is 9.41. The van der Waals surface area contributed by atoms with Crippen molar-refractivity contribution < 1.29 is 0 Å². The molecule has 0 amide bonds. The minimum atomic E-state index is -0.519. The minimum Gasteiger partial charge on any atom is -0.397 e. The first-order chi connectivity index (χ1) is 13.6. The predicted molar refractivity (Wildman–Crippen MR) is 107 cm³/mol. The lowest BCUT2D eigenvalue weighted by Gasteiger charge is -2.27. The summed E-state index contributed by atoms with van der Waals surface area (Å²) in [5.74, 6) is 0.676. The molecule has 6 N–H and O–H groups in total.